The van der Waals surface area contributed by atoms with E-state index < -0.39 is 10.0 Å². The van der Waals surface area contributed by atoms with Crippen molar-refractivity contribution < 1.29 is 13.2 Å². The number of nitrogens with zero attached hydrogens (tertiary/aromatic N) is 1. The van der Waals surface area contributed by atoms with Crippen LogP contribution in [0.3, 0.4) is 0 Å². The summed E-state index contributed by atoms with van der Waals surface area (Å²) in [6.07, 6.45) is 0. The zero-order chi connectivity index (χ0) is 15.9. The maximum Gasteiger partial charge on any atom is 0.243 e. The predicted octanol–water partition coefficient (Wildman–Crippen LogP) is 2.94. The Morgan fingerprint density at radius 1 is 1.05 bits per heavy atom. The highest BCUT2D eigenvalue weighted by atomic mass is 32.2. The van der Waals surface area contributed by atoms with Gasteiger partial charge in [0.1, 0.15) is 0 Å². The molecule has 0 aliphatic carbocycles. The van der Waals surface area contributed by atoms with Gasteiger partial charge in [0.2, 0.25) is 10.0 Å². The molecule has 0 bridgehead atoms. The van der Waals surface area contributed by atoms with Crippen LogP contribution in [0.15, 0.2) is 53.4 Å². The van der Waals surface area contributed by atoms with E-state index in [1.807, 2.05) is 19.1 Å². The molecule has 1 saturated heterocycles. The third kappa shape index (κ3) is 2.69. The van der Waals surface area contributed by atoms with Gasteiger partial charge in [-0.15, -0.1) is 0 Å². The molecule has 0 saturated carbocycles. The van der Waals surface area contributed by atoms with E-state index in [1.165, 1.54) is 11.2 Å². The van der Waals surface area contributed by atoms with E-state index in [0.717, 1.165) is 11.1 Å². The third-order valence-electron chi connectivity index (χ3n) is 3.90. The van der Waals surface area contributed by atoms with Crippen molar-refractivity contribution in [2.45, 2.75) is 24.8 Å². The summed E-state index contributed by atoms with van der Waals surface area (Å²) in [4.78, 5) is 11.6. The van der Waals surface area contributed by atoms with Crippen LogP contribution in [-0.4, -0.2) is 25.1 Å². The summed E-state index contributed by atoms with van der Waals surface area (Å²) in [5.41, 5.74) is 2.58. The standard InChI is InChI=1S/C17H17NO3S/c1-12-3-9-16(10-4-12)22(20,21)18-11-17(18)15-7-5-14(6-8-15)13(2)19/h3-10,17H,11H2,1-2H3/t17-,18?/m0/s1. The van der Waals surface area contributed by atoms with Crippen LogP contribution in [0.4, 0.5) is 0 Å². The first-order valence-corrected chi connectivity index (χ1v) is 8.53. The van der Waals surface area contributed by atoms with Gasteiger partial charge in [0.15, 0.2) is 5.78 Å². The lowest BCUT2D eigenvalue weighted by Gasteiger charge is -2.07. The summed E-state index contributed by atoms with van der Waals surface area (Å²) in [5, 5.41) is 0. The van der Waals surface area contributed by atoms with Crippen LogP contribution in [0.1, 0.15) is 34.5 Å². The minimum absolute atomic E-state index is 0.00600. The highest BCUT2D eigenvalue weighted by Gasteiger charge is 2.45. The Morgan fingerprint density at radius 2 is 1.64 bits per heavy atom. The fourth-order valence-corrected chi connectivity index (χ4v) is 3.99. The summed E-state index contributed by atoms with van der Waals surface area (Å²) in [5.74, 6) is 0.00600. The fourth-order valence-electron chi connectivity index (χ4n) is 2.45. The summed E-state index contributed by atoms with van der Waals surface area (Å²) in [6.45, 7) is 3.92. The topological polar surface area (TPSA) is 54.2 Å². The maximum absolute atomic E-state index is 12.5. The van der Waals surface area contributed by atoms with Crippen molar-refractivity contribution in [1.29, 1.82) is 0 Å². The van der Waals surface area contributed by atoms with Crippen molar-refractivity contribution in [3.8, 4) is 0 Å². The van der Waals surface area contributed by atoms with Gasteiger partial charge in [0.05, 0.1) is 10.9 Å². The molecular weight excluding hydrogens is 298 g/mol. The molecule has 5 heteroatoms. The second-order valence-corrected chi connectivity index (χ2v) is 7.47. The molecule has 4 nitrogen and oxygen atoms in total. The summed E-state index contributed by atoms with van der Waals surface area (Å²) >= 11 is 0. The predicted molar refractivity (Wildman–Crippen MR) is 84.3 cm³/mol. The van der Waals surface area contributed by atoms with Crippen LogP contribution >= 0.6 is 0 Å². The van der Waals surface area contributed by atoms with Gasteiger partial charge in [-0.3, -0.25) is 4.79 Å². The molecule has 114 valence electrons. The molecule has 1 aliphatic rings. The molecular formula is C17H17NO3S. The number of rotatable bonds is 4. The molecule has 1 aliphatic heterocycles. The van der Waals surface area contributed by atoms with Crippen LogP contribution in [0.25, 0.3) is 0 Å². The Balaban J connectivity index is 1.81. The van der Waals surface area contributed by atoms with E-state index >= 15 is 0 Å². The van der Waals surface area contributed by atoms with Gasteiger partial charge in [-0.25, -0.2) is 8.42 Å². The number of benzene rings is 2. The van der Waals surface area contributed by atoms with Crippen molar-refractivity contribution in [2.24, 2.45) is 0 Å². The first-order chi connectivity index (χ1) is 10.4. The number of sulfonamides is 1. The average Bonchev–Trinajstić information content (AvgIpc) is 3.29. The number of carbonyl (C=O) groups is 1. The molecule has 0 amide bonds. The Labute approximate surface area is 130 Å². The summed E-state index contributed by atoms with van der Waals surface area (Å²) in [7, 11) is -3.44. The van der Waals surface area contributed by atoms with Crippen molar-refractivity contribution in [2.75, 3.05) is 6.54 Å². The smallest absolute Gasteiger partial charge is 0.243 e. The Kier molecular flexibility index (Phi) is 3.62. The molecule has 2 aromatic carbocycles. The molecule has 1 fully saturated rings. The van der Waals surface area contributed by atoms with Crippen LogP contribution in [0.5, 0.6) is 0 Å². The monoisotopic (exact) mass is 315 g/mol. The van der Waals surface area contributed by atoms with E-state index in [9.17, 15) is 13.2 Å². The fraction of sp³-hybridized carbons (Fsp3) is 0.235. The highest BCUT2D eigenvalue weighted by Crippen LogP contribution is 2.40. The Morgan fingerprint density at radius 3 is 2.18 bits per heavy atom. The van der Waals surface area contributed by atoms with E-state index in [2.05, 4.69) is 0 Å². The highest BCUT2D eigenvalue weighted by molar-refractivity contribution is 7.89. The molecule has 2 aromatic rings. The largest absolute Gasteiger partial charge is 0.295 e. The minimum atomic E-state index is -3.44. The van der Waals surface area contributed by atoms with E-state index in [1.54, 1.807) is 36.4 Å². The first kappa shape index (κ1) is 14.9. The second-order valence-electron chi connectivity index (χ2n) is 5.58. The molecule has 0 aromatic heterocycles. The lowest BCUT2D eigenvalue weighted by Crippen LogP contribution is -2.12. The molecule has 0 radical (unpaired) electrons. The Bertz CT molecular complexity index is 808. The van der Waals surface area contributed by atoms with E-state index in [4.69, 9.17) is 0 Å². The molecule has 0 N–H and O–H groups in total. The number of hydrogen-bond donors (Lipinski definition) is 0. The van der Waals surface area contributed by atoms with Gasteiger partial charge in [-0.2, -0.15) is 4.31 Å². The molecule has 1 unspecified atom stereocenters. The third-order valence-corrected chi connectivity index (χ3v) is 5.79. The van der Waals surface area contributed by atoms with Crippen molar-refractivity contribution in [3.63, 3.8) is 0 Å². The number of carbonyl (C=O) groups excluding carboxylic acids is 1. The molecule has 2 atom stereocenters. The van der Waals surface area contributed by atoms with Crippen molar-refractivity contribution >= 4 is 15.8 Å². The van der Waals surface area contributed by atoms with Crippen molar-refractivity contribution in [1.82, 2.24) is 4.31 Å². The quantitative estimate of drug-likeness (QED) is 0.644. The SMILES string of the molecule is CC(=O)c1ccc([C@@H]2CN2S(=O)(=O)c2ccc(C)cc2)cc1. The zero-order valence-corrected chi connectivity index (χ0v) is 13.3. The first-order valence-electron chi connectivity index (χ1n) is 7.09. The second kappa shape index (κ2) is 5.34. The number of ketones is 1. The molecule has 22 heavy (non-hydrogen) atoms. The normalized spacial score (nSPS) is 20.6. The van der Waals surface area contributed by atoms with Gasteiger partial charge < -0.3 is 0 Å². The van der Waals surface area contributed by atoms with Gasteiger partial charge in [-0.1, -0.05) is 42.0 Å². The number of aryl methyl sites for hydroxylation is 1. The van der Waals surface area contributed by atoms with Crippen molar-refractivity contribution in [3.05, 3.63) is 65.2 Å². The van der Waals surface area contributed by atoms with Gasteiger partial charge in [0, 0.05) is 12.1 Å². The lowest BCUT2D eigenvalue weighted by molar-refractivity contribution is 0.101. The average molecular weight is 315 g/mol. The van der Waals surface area contributed by atoms with E-state index in [-0.39, 0.29) is 11.8 Å². The molecule has 0 spiro atoms. The zero-order valence-electron chi connectivity index (χ0n) is 12.5. The maximum atomic E-state index is 12.5. The van der Waals surface area contributed by atoms with E-state index in [0.29, 0.717) is 17.0 Å². The van der Waals surface area contributed by atoms with Crippen LogP contribution in [0, 0.1) is 6.92 Å². The molecule has 3 rings (SSSR count). The van der Waals surface area contributed by atoms with Gasteiger partial charge in [-0.05, 0) is 31.5 Å². The van der Waals surface area contributed by atoms with Crippen LogP contribution in [0.2, 0.25) is 0 Å². The Hall–Kier alpha value is -1.98. The lowest BCUT2D eigenvalue weighted by atomic mass is 10.1. The number of hydrogen-bond acceptors (Lipinski definition) is 3. The minimum Gasteiger partial charge on any atom is -0.295 e. The summed E-state index contributed by atoms with van der Waals surface area (Å²) < 4.78 is 26.5. The summed E-state index contributed by atoms with van der Waals surface area (Å²) in [6, 6.07) is 13.9. The number of Topliss-reactive ketones (excluding diaryl/α,β-unsaturated/α-hetero) is 1. The van der Waals surface area contributed by atoms with Crippen LogP contribution in [-0.2, 0) is 10.0 Å². The van der Waals surface area contributed by atoms with Crippen LogP contribution < -0.4 is 0 Å². The molecule has 1 heterocycles. The van der Waals surface area contributed by atoms with Gasteiger partial charge >= 0.3 is 0 Å². The van der Waals surface area contributed by atoms with Gasteiger partial charge in [0.25, 0.3) is 0 Å².